The maximum absolute atomic E-state index is 12.2. The molecule has 0 spiro atoms. The van der Waals surface area contributed by atoms with E-state index in [-0.39, 0.29) is 11.8 Å². The number of carbonyl (C=O) groups is 2. The van der Waals surface area contributed by atoms with Crippen molar-refractivity contribution in [2.24, 2.45) is 5.41 Å². The summed E-state index contributed by atoms with van der Waals surface area (Å²) in [4.78, 5) is 24.3. The Morgan fingerprint density at radius 3 is 2.42 bits per heavy atom. The summed E-state index contributed by atoms with van der Waals surface area (Å²) in [5.74, 6) is 0.561. The standard InChI is InChI=1S/C21H26N2O3/c1-21(2,3)20(25)23-17-10-7-9-16(15-17)19(24)22-13-8-14-26-18-11-5-4-6-12-18/h4-7,9-12,15H,8,13-14H2,1-3H3,(H,22,24)(H,23,25). The Morgan fingerprint density at radius 2 is 1.73 bits per heavy atom. The second kappa shape index (κ2) is 9.04. The molecule has 2 aromatic rings. The molecule has 0 bridgehead atoms. The Labute approximate surface area is 154 Å². The van der Waals surface area contributed by atoms with Crippen LogP contribution >= 0.6 is 0 Å². The molecule has 0 saturated carbocycles. The van der Waals surface area contributed by atoms with Crippen LogP contribution in [0.25, 0.3) is 0 Å². The number of ether oxygens (including phenoxy) is 1. The van der Waals surface area contributed by atoms with E-state index in [2.05, 4.69) is 10.6 Å². The zero-order valence-corrected chi connectivity index (χ0v) is 15.5. The maximum Gasteiger partial charge on any atom is 0.251 e. The van der Waals surface area contributed by atoms with Gasteiger partial charge < -0.3 is 15.4 Å². The lowest BCUT2D eigenvalue weighted by atomic mass is 9.95. The topological polar surface area (TPSA) is 67.4 Å². The molecule has 0 aliphatic carbocycles. The molecule has 0 aliphatic heterocycles. The summed E-state index contributed by atoms with van der Waals surface area (Å²) in [6.45, 7) is 6.58. The molecule has 2 rings (SSSR count). The summed E-state index contributed by atoms with van der Waals surface area (Å²) >= 11 is 0. The van der Waals surface area contributed by atoms with Crippen molar-refractivity contribution in [2.45, 2.75) is 27.2 Å². The first-order valence-corrected chi connectivity index (χ1v) is 8.74. The minimum absolute atomic E-state index is 0.0897. The highest BCUT2D eigenvalue weighted by atomic mass is 16.5. The zero-order valence-electron chi connectivity index (χ0n) is 15.5. The van der Waals surface area contributed by atoms with Gasteiger partial charge in [0.25, 0.3) is 5.91 Å². The molecule has 5 heteroatoms. The number of para-hydroxylation sites is 1. The summed E-state index contributed by atoms with van der Waals surface area (Å²) < 4.78 is 5.59. The van der Waals surface area contributed by atoms with Gasteiger partial charge in [-0.2, -0.15) is 0 Å². The van der Waals surface area contributed by atoms with Crippen LogP contribution in [-0.2, 0) is 4.79 Å². The van der Waals surface area contributed by atoms with Crippen LogP contribution in [0.1, 0.15) is 37.6 Å². The predicted molar refractivity (Wildman–Crippen MR) is 103 cm³/mol. The van der Waals surface area contributed by atoms with Gasteiger partial charge in [-0.25, -0.2) is 0 Å². The first kappa shape index (κ1) is 19.5. The first-order chi connectivity index (χ1) is 12.4. The second-order valence-electron chi connectivity index (χ2n) is 7.06. The number of hydrogen-bond donors (Lipinski definition) is 2. The Kier molecular flexibility index (Phi) is 6.78. The van der Waals surface area contributed by atoms with Gasteiger partial charge >= 0.3 is 0 Å². The SMILES string of the molecule is CC(C)(C)C(=O)Nc1cccc(C(=O)NCCCOc2ccccc2)c1. The van der Waals surface area contributed by atoms with Gasteiger partial charge in [0.2, 0.25) is 5.91 Å². The van der Waals surface area contributed by atoms with Crippen molar-refractivity contribution in [3.05, 3.63) is 60.2 Å². The minimum atomic E-state index is -0.489. The monoisotopic (exact) mass is 354 g/mol. The average Bonchev–Trinajstić information content (AvgIpc) is 2.61. The molecule has 0 fully saturated rings. The Morgan fingerprint density at radius 1 is 1.00 bits per heavy atom. The first-order valence-electron chi connectivity index (χ1n) is 8.74. The zero-order chi connectivity index (χ0) is 19.0. The van der Waals surface area contributed by atoms with E-state index < -0.39 is 5.41 Å². The van der Waals surface area contributed by atoms with Crippen LogP contribution in [-0.4, -0.2) is 25.0 Å². The fourth-order valence-corrected chi connectivity index (χ4v) is 2.14. The van der Waals surface area contributed by atoms with Crippen LogP contribution in [0.15, 0.2) is 54.6 Å². The minimum Gasteiger partial charge on any atom is -0.494 e. The molecule has 0 saturated heterocycles. The number of hydrogen-bond acceptors (Lipinski definition) is 3. The highest BCUT2D eigenvalue weighted by molar-refractivity contribution is 5.98. The second-order valence-corrected chi connectivity index (χ2v) is 7.06. The van der Waals surface area contributed by atoms with Crippen molar-refractivity contribution in [3.63, 3.8) is 0 Å². The van der Waals surface area contributed by atoms with Gasteiger partial charge in [0, 0.05) is 23.2 Å². The predicted octanol–water partition coefficient (Wildman–Crippen LogP) is 3.87. The largest absolute Gasteiger partial charge is 0.494 e. The Balaban J connectivity index is 1.78. The molecular formula is C21H26N2O3. The van der Waals surface area contributed by atoms with Crippen LogP contribution in [0.4, 0.5) is 5.69 Å². The van der Waals surface area contributed by atoms with Crippen molar-refractivity contribution < 1.29 is 14.3 Å². The molecule has 0 aromatic heterocycles. The van der Waals surface area contributed by atoms with Crippen LogP contribution in [0.3, 0.4) is 0 Å². The lowest BCUT2D eigenvalue weighted by molar-refractivity contribution is -0.123. The summed E-state index contributed by atoms with van der Waals surface area (Å²) in [6, 6.07) is 16.5. The summed E-state index contributed by atoms with van der Waals surface area (Å²) in [6.07, 6.45) is 0.709. The molecule has 0 heterocycles. The number of benzene rings is 2. The highest BCUT2D eigenvalue weighted by Gasteiger charge is 2.21. The smallest absolute Gasteiger partial charge is 0.251 e. The lowest BCUT2D eigenvalue weighted by Gasteiger charge is -2.18. The van der Waals surface area contributed by atoms with E-state index in [0.717, 1.165) is 5.75 Å². The quantitative estimate of drug-likeness (QED) is 0.742. The maximum atomic E-state index is 12.2. The van der Waals surface area contributed by atoms with Gasteiger partial charge in [0.1, 0.15) is 5.75 Å². The van der Waals surface area contributed by atoms with Crippen LogP contribution < -0.4 is 15.4 Å². The summed E-state index contributed by atoms with van der Waals surface area (Å²) in [5.41, 5.74) is 0.641. The average molecular weight is 354 g/mol. The van der Waals surface area contributed by atoms with E-state index in [1.807, 2.05) is 51.1 Å². The van der Waals surface area contributed by atoms with Crippen LogP contribution in [0.5, 0.6) is 5.75 Å². The van der Waals surface area contributed by atoms with Crippen LogP contribution in [0.2, 0.25) is 0 Å². The normalized spacial score (nSPS) is 10.9. The van der Waals surface area contributed by atoms with Gasteiger partial charge in [-0.15, -0.1) is 0 Å². The van der Waals surface area contributed by atoms with Gasteiger partial charge in [-0.1, -0.05) is 45.0 Å². The molecule has 0 unspecified atom stereocenters. The van der Waals surface area contributed by atoms with E-state index in [9.17, 15) is 9.59 Å². The van der Waals surface area contributed by atoms with Gasteiger partial charge in [-0.05, 0) is 36.8 Å². The summed E-state index contributed by atoms with van der Waals surface area (Å²) in [7, 11) is 0. The lowest BCUT2D eigenvalue weighted by Crippen LogP contribution is -2.28. The van der Waals surface area contributed by atoms with Crippen molar-refractivity contribution in [3.8, 4) is 5.75 Å². The van der Waals surface area contributed by atoms with Crippen molar-refractivity contribution in [1.29, 1.82) is 0 Å². The van der Waals surface area contributed by atoms with E-state index in [4.69, 9.17) is 4.74 Å². The van der Waals surface area contributed by atoms with E-state index >= 15 is 0 Å². The van der Waals surface area contributed by atoms with Crippen molar-refractivity contribution >= 4 is 17.5 Å². The molecule has 2 N–H and O–H groups in total. The van der Waals surface area contributed by atoms with Crippen molar-refractivity contribution in [1.82, 2.24) is 5.32 Å². The molecule has 2 aromatic carbocycles. The van der Waals surface area contributed by atoms with Gasteiger partial charge in [0.05, 0.1) is 6.61 Å². The number of amides is 2. The number of carbonyl (C=O) groups excluding carboxylic acids is 2. The van der Waals surface area contributed by atoms with Gasteiger partial charge in [-0.3, -0.25) is 9.59 Å². The molecule has 26 heavy (non-hydrogen) atoms. The highest BCUT2D eigenvalue weighted by Crippen LogP contribution is 2.18. The molecule has 2 amide bonds. The molecule has 138 valence electrons. The Hall–Kier alpha value is -2.82. The van der Waals surface area contributed by atoms with Crippen molar-refractivity contribution in [2.75, 3.05) is 18.5 Å². The Bertz CT molecular complexity index is 736. The number of anilines is 1. The molecule has 5 nitrogen and oxygen atoms in total. The third kappa shape index (κ3) is 6.24. The molecule has 0 aliphatic rings. The molecular weight excluding hydrogens is 328 g/mol. The number of nitrogens with one attached hydrogen (secondary N) is 2. The third-order valence-corrected chi connectivity index (χ3v) is 3.68. The van der Waals surface area contributed by atoms with Gasteiger partial charge in [0.15, 0.2) is 0 Å². The van der Waals surface area contributed by atoms with E-state index in [1.54, 1.807) is 24.3 Å². The molecule has 0 radical (unpaired) electrons. The fraction of sp³-hybridized carbons (Fsp3) is 0.333. The number of rotatable bonds is 7. The van der Waals surface area contributed by atoms with E-state index in [0.29, 0.717) is 30.8 Å². The summed E-state index contributed by atoms with van der Waals surface area (Å²) in [5, 5.41) is 5.70. The van der Waals surface area contributed by atoms with E-state index in [1.165, 1.54) is 0 Å². The van der Waals surface area contributed by atoms with Crippen LogP contribution in [0, 0.1) is 5.41 Å². The third-order valence-electron chi connectivity index (χ3n) is 3.68. The molecule has 0 atom stereocenters. The fourth-order valence-electron chi connectivity index (χ4n) is 2.14.